The minimum absolute atomic E-state index is 0.299. The van der Waals surface area contributed by atoms with Crippen LogP contribution in [0.5, 0.6) is 0 Å². The summed E-state index contributed by atoms with van der Waals surface area (Å²) >= 11 is 1.58. The van der Waals surface area contributed by atoms with E-state index in [-0.39, 0.29) is 0 Å². The van der Waals surface area contributed by atoms with Gasteiger partial charge in [-0.15, -0.1) is 0 Å². The zero-order valence-corrected chi connectivity index (χ0v) is 11.5. The molecule has 2 aromatic heterocycles. The number of aromatic amines is 1. The number of pyridine rings is 1. The number of rotatable bonds is 6. The van der Waals surface area contributed by atoms with Crippen LogP contribution in [0, 0.1) is 0 Å². The Balaban J connectivity index is 1.96. The number of aromatic nitrogens is 3. The van der Waals surface area contributed by atoms with Crippen LogP contribution >= 0.6 is 11.8 Å². The molecule has 0 saturated carbocycles. The molecule has 2 aromatic rings. The standard InChI is InChI=1S/C13H18N4S/c1-3-6-14-10(2)12-5-4-11(9-17-12)18-13-15-7-8-16-13/h4-5,7-10,14H,3,6H2,1-2H3,(H,15,16). The highest BCUT2D eigenvalue weighted by Gasteiger charge is 2.06. The van der Waals surface area contributed by atoms with Gasteiger partial charge in [-0.1, -0.05) is 18.7 Å². The van der Waals surface area contributed by atoms with Crippen LogP contribution < -0.4 is 5.32 Å². The van der Waals surface area contributed by atoms with Crippen LogP contribution in [0.15, 0.2) is 40.8 Å². The summed E-state index contributed by atoms with van der Waals surface area (Å²) in [7, 11) is 0. The van der Waals surface area contributed by atoms with Gasteiger partial charge in [0.1, 0.15) is 0 Å². The Labute approximate surface area is 112 Å². The largest absolute Gasteiger partial charge is 0.339 e. The van der Waals surface area contributed by atoms with Crippen LogP contribution in [0.2, 0.25) is 0 Å². The first kappa shape index (κ1) is 13.1. The summed E-state index contributed by atoms with van der Waals surface area (Å²) in [5, 5.41) is 4.32. The van der Waals surface area contributed by atoms with E-state index in [4.69, 9.17) is 0 Å². The molecule has 2 N–H and O–H groups in total. The minimum atomic E-state index is 0.299. The van der Waals surface area contributed by atoms with E-state index in [0.29, 0.717) is 6.04 Å². The van der Waals surface area contributed by atoms with E-state index in [1.54, 1.807) is 18.0 Å². The molecule has 0 spiro atoms. The Kier molecular flexibility index (Phi) is 4.78. The van der Waals surface area contributed by atoms with Gasteiger partial charge in [0.2, 0.25) is 0 Å². The van der Waals surface area contributed by atoms with E-state index < -0.39 is 0 Å². The lowest BCUT2D eigenvalue weighted by atomic mass is 10.2. The summed E-state index contributed by atoms with van der Waals surface area (Å²) in [5.74, 6) is 0. The lowest BCUT2D eigenvalue weighted by Crippen LogP contribution is -2.20. The third-order valence-corrected chi connectivity index (χ3v) is 3.48. The molecular weight excluding hydrogens is 244 g/mol. The predicted molar refractivity (Wildman–Crippen MR) is 73.7 cm³/mol. The molecule has 0 fully saturated rings. The maximum atomic E-state index is 4.49. The summed E-state index contributed by atoms with van der Waals surface area (Å²) in [5.41, 5.74) is 1.08. The molecule has 0 bridgehead atoms. The number of hydrogen-bond acceptors (Lipinski definition) is 4. The van der Waals surface area contributed by atoms with Gasteiger partial charge in [0.25, 0.3) is 0 Å². The Morgan fingerprint density at radius 2 is 2.28 bits per heavy atom. The summed E-state index contributed by atoms with van der Waals surface area (Å²) in [6.07, 6.45) is 6.60. The van der Waals surface area contributed by atoms with Crippen LogP contribution in [0.3, 0.4) is 0 Å². The van der Waals surface area contributed by atoms with Gasteiger partial charge in [0.05, 0.1) is 5.69 Å². The van der Waals surface area contributed by atoms with Crippen LogP contribution in [0.1, 0.15) is 32.0 Å². The van der Waals surface area contributed by atoms with Crippen molar-refractivity contribution in [2.75, 3.05) is 6.54 Å². The van der Waals surface area contributed by atoms with Gasteiger partial charge < -0.3 is 10.3 Å². The zero-order valence-electron chi connectivity index (χ0n) is 10.7. The first-order valence-corrected chi connectivity index (χ1v) is 6.98. The van der Waals surface area contributed by atoms with Crippen LogP contribution in [-0.4, -0.2) is 21.5 Å². The van der Waals surface area contributed by atoms with Crippen molar-refractivity contribution in [2.24, 2.45) is 0 Å². The smallest absolute Gasteiger partial charge is 0.170 e. The van der Waals surface area contributed by atoms with E-state index in [9.17, 15) is 0 Å². The maximum absolute atomic E-state index is 4.49. The SMILES string of the molecule is CCCNC(C)c1ccc(Sc2ncc[nH]2)cn1. The fraction of sp³-hybridized carbons (Fsp3) is 0.385. The molecular formula is C13H18N4S. The fourth-order valence-corrected chi connectivity index (χ4v) is 2.30. The lowest BCUT2D eigenvalue weighted by molar-refractivity contribution is 0.558. The number of hydrogen-bond donors (Lipinski definition) is 2. The van der Waals surface area contributed by atoms with Crippen LogP contribution in [-0.2, 0) is 0 Å². The molecule has 1 unspecified atom stereocenters. The lowest BCUT2D eigenvalue weighted by Gasteiger charge is -2.12. The fourth-order valence-electron chi connectivity index (χ4n) is 1.59. The topological polar surface area (TPSA) is 53.6 Å². The Morgan fingerprint density at radius 1 is 1.39 bits per heavy atom. The summed E-state index contributed by atoms with van der Waals surface area (Å²) in [6.45, 7) is 5.32. The van der Waals surface area contributed by atoms with Crippen molar-refractivity contribution < 1.29 is 0 Å². The molecule has 0 radical (unpaired) electrons. The van der Waals surface area contributed by atoms with E-state index >= 15 is 0 Å². The monoisotopic (exact) mass is 262 g/mol. The number of imidazole rings is 1. The van der Waals surface area contributed by atoms with Gasteiger partial charge in [-0.25, -0.2) is 4.98 Å². The van der Waals surface area contributed by atoms with E-state index in [2.05, 4.69) is 46.2 Å². The van der Waals surface area contributed by atoms with Crippen molar-refractivity contribution in [1.82, 2.24) is 20.3 Å². The predicted octanol–water partition coefficient (Wildman–Crippen LogP) is 3.02. The first-order chi connectivity index (χ1) is 8.79. The number of H-pyrrole nitrogens is 1. The van der Waals surface area contributed by atoms with Crippen molar-refractivity contribution in [3.63, 3.8) is 0 Å². The molecule has 0 aromatic carbocycles. The van der Waals surface area contributed by atoms with Crippen molar-refractivity contribution >= 4 is 11.8 Å². The highest BCUT2D eigenvalue weighted by molar-refractivity contribution is 7.99. The molecule has 96 valence electrons. The molecule has 5 heteroatoms. The average molecular weight is 262 g/mol. The summed E-state index contributed by atoms with van der Waals surface area (Å²) in [6, 6.07) is 4.45. The molecule has 0 aliphatic rings. The molecule has 18 heavy (non-hydrogen) atoms. The molecule has 2 heterocycles. The molecule has 2 rings (SSSR count). The highest BCUT2D eigenvalue weighted by Crippen LogP contribution is 2.24. The first-order valence-electron chi connectivity index (χ1n) is 6.16. The second-order valence-electron chi connectivity index (χ2n) is 4.09. The second kappa shape index (κ2) is 6.56. The van der Waals surface area contributed by atoms with Gasteiger partial charge in [-0.2, -0.15) is 0 Å². The van der Waals surface area contributed by atoms with Gasteiger partial charge in [0, 0.05) is 29.5 Å². The highest BCUT2D eigenvalue weighted by atomic mass is 32.2. The normalized spacial score (nSPS) is 12.6. The van der Waals surface area contributed by atoms with Gasteiger partial charge >= 0.3 is 0 Å². The molecule has 0 saturated heterocycles. The Hall–Kier alpha value is -1.33. The molecule has 0 aliphatic carbocycles. The molecule has 4 nitrogen and oxygen atoms in total. The Morgan fingerprint density at radius 3 is 2.89 bits per heavy atom. The van der Waals surface area contributed by atoms with E-state index in [0.717, 1.165) is 28.7 Å². The van der Waals surface area contributed by atoms with Crippen molar-refractivity contribution in [2.45, 2.75) is 36.4 Å². The third kappa shape index (κ3) is 3.58. The quantitative estimate of drug-likeness (QED) is 0.840. The number of nitrogens with one attached hydrogen (secondary N) is 2. The van der Waals surface area contributed by atoms with E-state index in [1.165, 1.54) is 0 Å². The zero-order chi connectivity index (χ0) is 12.8. The molecule has 1 atom stereocenters. The summed E-state index contributed by atoms with van der Waals surface area (Å²) in [4.78, 5) is 12.8. The van der Waals surface area contributed by atoms with Gasteiger partial charge in [0.15, 0.2) is 5.16 Å². The van der Waals surface area contributed by atoms with Crippen molar-refractivity contribution in [3.05, 3.63) is 36.4 Å². The second-order valence-corrected chi connectivity index (χ2v) is 5.15. The number of nitrogens with zero attached hydrogens (tertiary/aromatic N) is 2. The molecule has 0 amide bonds. The minimum Gasteiger partial charge on any atom is -0.339 e. The van der Waals surface area contributed by atoms with Crippen molar-refractivity contribution in [1.29, 1.82) is 0 Å². The Bertz CT molecular complexity index is 452. The van der Waals surface area contributed by atoms with Gasteiger partial charge in [-0.3, -0.25) is 4.98 Å². The third-order valence-electron chi connectivity index (χ3n) is 2.59. The van der Waals surface area contributed by atoms with Gasteiger partial charge in [-0.05, 0) is 32.0 Å². The van der Waals surface area contributed by atoms with Crippen LogP contribution in [0.25, 0.3) is 0 Å². The van der Waals surface area contributed by atoms with E-state index in [1.807, 2.05) is 12.4 Å². The molecule has 0 aliphatic heterocycles. The maximum Gasteiger partial charge on any atom is 0.170 e. The average Bonchev–Trinajstić information content (AvgIpc) is 2.89. The summed E-state index contributed by atoms with van der Waals surface area (Å²) < 4.78 is 0. The van der Waals surface area contributed by atoms with Crippen molar-refractivity contribution in [3.8, 4) is 0 Å². The van der Waals surface area contributed by atoms with Crippen LogP contribution in [0.4, 0.5) is 0 Å².